The highest BCUT2D eigenvalue weighted by molar-refractivity contribution is 5.78. The maximum atomic E-state index is 4.58. The minimum Gasteiger partial charge on any atom is -0.473 e. The van der Waals surface area contributed by atoms with Crippen molar-refractivity contribution in [2.75, 3.05) is 7.11 Å². The van der Waals surface area contributed by atoms with Crippen LogP contribution in [0.2, 0.25) is 0 Å². The third-order valence-electron chi connectivity index (χ3n) is 0.699. The Balaban J connectivity index is -0.000000145. The van der Waals surface area contributed by atoms with Gasteiger partial charge in [0.25, 0.3) is 0 Å². The Labute approximate surface area is 94.1 Å². The van der Waals surface area contributed by atoms with E-state index in [0.29, 0.717) is 0 Å². The molecule has 0 unspecified atom stereocenters. The van der Waals surface area contributed by atoms with Crippen LogP contribution < -0.4 is 0 Å². The number of oxime groups is 1. The lowest BCUT2D eigenvalue weighted by Gasteiger charge is -1.83. The first-order chi connectivity index (χ1) is 7.27. The van der Waals surface area contributed by atoms with Crippen LogP contribution in [-0.4, -0.2) is 12.8 Å². The highest BCUT2D eigenvalue weighted by Crippen LogP contribution is 1.79. The summed E-state index contributed by atoms with van der Waals surface area (Å²) in [5.74, 6) is 0. The van der Waals surface area contributed by atoms with E-state index >= 15 is 0 Å². The molecule has 0 atom stereocenters. The van der Waals surface area contributed by atoms with E-state index in [1.165, 1.54) is 7.11 Å². The summed E-state index contributed by atoms with van der Waals surface area (Å²) < 4.78 is 4.58. The molecular weight excluding hydrogens is 190 g/mol. The van der Waals surface area contributed by atoms with Crippen molar-refractivity contribution in [2.24, 2.45) is 5.16 Å². The Hall–Kier alpha value is -1.25. The Kier molecular flexibility index (Phi) is 29.6. The van der Waals surface area contributed by atoms with Gasteiger partial charge in [-0.3, -0.25) is 0 Å². The molecule has 3 heteroatoms. The quantitative estimate of drug-likeness (QED) is 0.515. The monoisotopic (exact) mass is 215 g/mol. The molecule has 90 valence electrons. The van der Waals surface area contributed by atoms with Crippen LogP contribution in [0.5, 0.6) is 0 Å². The summed E-state index contributed by atoms with van der Waals surface area (Å²) in [4.78, 5) is 4.39. The number of nitrogens with zero attached hydrogens (tertiary/aromatic N) is 1. The summed E-state index contributed by atoms with van der Waals surface area (Å²) in [6.07, 6.45) is 3.25. The molecule has 1 aromatic heterocycles. The molecule has 1 aromatic rings. The predicted octanol–water partition coefficient (Wildman–Crippen LogP) is 4.36. The Bertz CT molecular complexity index is 160. The van der Waals surface area contributed by atoms with Crippen molar-refractivity contribution in [2.45, 2.75) is 41.5 Å². The zero-order valence-electron chi connectivity index (χ0n) is 11.1. The second-order valence-electron chi connectivity index (χ2n) is 2.01. The summed E-state index contributed by atoms with van der Waals surface area (Å²) in [5, 5.41) is 3.54. The second kappa shape index (κ2) is 23.0. The van der Waals surface area contributed by atoms with Gasteiger partial charge in [0.05, 0.1) is 18.2 Å². The standard InChI is InChI=1S/C4H9NO.C4H4O.2C2H6/c1-4(2)5-6-3;1-2-4-5-3-1;2*1-2/h1-3H3;1-4H;2*1-2H3. The molecule has 0 amide bonds. The molecule has 0 aromatic carbocycles. The van der Waals surface area contributed by atoms with E-state index < -0.39 is 0 Å². The van der Waals surface area contributed by atoms with Crippen LogP contribution in [-0.2, 0) is 4.84 Å². The highest BCUT2D eigenvalue weighted by atomic mass is 16.6. The third-order valence-corrected chi connectivity index (χ3v) is 0.699. The second-order valence-corrected chi connectivity index (χ2v) is 2.01. The van der Waals surface area contributed by atoms with Crippen molar-refractivity contribution in [1.82, 2.24) is 0 Å². The Morgan fingerprint density at radius 1 is 1.00 bits per heavy atom. The van der Waals surface area contributed by atoms with Gasteiger partial charge in [0.15, 0.2) is 0 Å². The van der Waals surface area contributed by atoms with Crippen LogP contribution in [0.1, 0.15) is 41.5 Å². The molecule has 1 heterocycles. The maximum absolute atomic E-state index is 4.58. The molecule has 0 radical (unpaired) electrons. The maximum Gasteiger partial charge on any atom is 0.106 e. The van der Waals surface area contributed by atoms with Crippen molar-refractivity contribution in [3.63, 3.8) is 0 Å². The van der Waals surface area contributed by atoms with Crippen molar-refractivity contribution in [3.05, 3.63) is 24.7 Å². The fraction of sp³-hybridized carbons (Fsp3) is 0.583. The average molecular weight is 215 g/mol. The van der Waals surface area contributed by atoms with Crippen molar-refractivity contribution >= 4 is 5.71 Å². The largest absolute Gasteiger partial charge is 0.473 e. The SMILES string of the molecule is CC.CC.CON=C(C)C.c1ccoc1. The number of furan rings is 1. The topological polar surface area (TPSA) is 34.7 Å². The van der Waals surface area contributed by atoms with Gasteiger partial charge in [0, 0.05) is 0 Å². The van der Waals surface area contributed by atoms with Gasteiger partial charge < -0.3 is 9.25 Å². The van der Waals surface area contributed by atoms with Gasteiger partial charge in [-0.25, -0.2) is 0 Å². The van der Waals surface area contributed by atoms with E-state index in [9.17, 15) is 0 Å². The first-order valence-electron chi connectivity index (χ1n) is 5.29. The normalized spacial score (nSPS) is 6.33. The lowest BCUT2D eigenvalue weighted by molar-refractivity contribution is 0.213. The Morgan fingerprint density at radius 2 is 1.40 bits per heavy atom. The van der Waals surface area contributed by atoms with Crippen molar-refractivity contribution < 1.29 is 9.25 Å². The molecule has 0 fully saturated rings. The zero-order valence-corrected chi connectivity index (χ0v) is 11.1. The van der Waals surface area contributed by atoms with Crippen molar-refractivity contribution in [3.8, 4) is 0 Å². The molecule has 0 saturated heterocycles. The highest BCUT2D eigenvalue weighted by Gasteiger charge is 1.69. The number of rotatable bonds is 1. The van der Waals surface area contributed by atoms with Gasteiger partial charge in [0.1, 0.15) is 7.11 Å². The lowest BCUT2D eigenvalue weighted by atomic mass is 10.5. The van der Waals surface area contributed by atoms with Crippen molar-refractivity contribution in [1.29, 1.82) is 0 Å². The summed E-state index contributed by atoms with van der Waals surface area (Å²) >= 11 is 0. The molecule has 3 nitrogen and oxygen atoms in total. The van der Waals surface area contributed by atoms with Gasteiger partial charge in [0.2, 0.25) is 0 Å². The molecule has 15 heavy (non-hydrogen) atoms. The first-order valence-corrected chi connectivity index (χ1v) is 5.29. The molecule has 0 N–H and O–H groups in total. The van der Waals surface area contributed by atoms with Crippen LogP contribution >= 0.6 is 0 Å². The first kappa shape index (κ1) is 19.3. The third kappa shape index (κ3) is 32.3. The average Bonchev–Trinajstić information content (AvgIpc) is 2.82. The molecule has 0 spiro atoms. The van der Waals surface area contributed by atoms with E-state index in [-0.39, 0.29) is 0 Å². The zero-order chi connectivity index (χ0) is 12.5. The predicted molar refractivity (Wildman–Crippen MR) is 67.2 cm³/mol. The van der Waals surface area contributed by atoms with E-state index in [2.05, 4.69) is 14.4 Å². The van der Waals surface area contributed by atoms with Gasteiger partial charge >= 0.3 is 0 Å². The van der Waals surface area contributed by atoms with E-state index in [1.807, 2.05) is 53.7 Å². The summed E-state index contributed by atoms with van der Waals surface area (Å²) in [5.41, 5.74) is 0.942. The Morgan fingerprint density at radius 3 is 1.47 bits per heavy atom. The van der Waals surface area contributed by atoms with E-state index in [0.717, 1.165) is 5.71 Å². The summed E-state index contributed by atoms with van der Waals surface area (Å²) in [6.45, 7) is 11.8. The van der Waals surface area contributed by atoms with Crippen LogP contribution in [0.4, 0.5) is 0 Å². The molecular formula is C12H25NO2. The van der Waals surface area contributed by atoms with Gasteiger partial charge in [-0.15, -0.1) is 0 Å². The molecule has 0 aliphatic heterocycles. The number of hydrogen-bond donors (Lipinski definition) is 0. The molecule has 0 aliphatic carbocycles. The van der Waals surface area contributed by atoms with E-state index in [1.54, 1.807) is 12.5 Å². The van der Waals surface area contributed by atoms with E-state index in [4.69, 9.17) is 0 Å². The van der Waals surface area contributed by atoms with Gasteiger partial charge in [-0.2, -0.15) is 0 Å². The molecule has 0 aliphatic rings. The fourth-order valence-electron chi connectivity index (χ4n) is 0.409. The van der Waals surface area contributed by atoms with Crippen LogP contribution in [0.3, 0.4) is 0 Å². The van der Waals surface area contributed by atoms with Crippen LogP contribution in [0.15, 0.2) is 34.2 Å². The minimum atomic E-state index is 0.942. The fourth-order valence-corrected chi connectivity index (χ4v) is 0.409. The minimum absolute atomic E-state index is 0.942. The van der Waals surface area contributed by atoms with Gasteiger partial charge in [-0.05, 0) is 26.0 Å². The smallest absolute Gasteiger partial charge is 0.106 e. The van der Waals surface area contributed by atoms with Gasteiger partial charge in [-0.1, -0.05) is 32.9 Å². The summed E-state index contributed by atoms with van der Waals surface area (Å²) in [6, 6.07) is 3.67. The lowest BCUT2D eigenvalue weighted by Crippen LogP contribution is -1.79. The van der Waals surface area contributed by atoms with Crippen LogP contribution in [0, 0.1) is 0 Å². The molecule has 0 saturated carbocycles. The number of hydrogen-bond acceptors (Lipinski definition) is 3. The molecule has 1 rings (SSSR count). The van der Waals surface area contributed by atoms with Crippen LogP contribution in [0.25, 0.3) is 0 Å². The summed E-state index contributed by atoms with van der Waals surface area (Å²) in [7, 11) is 1.53. The molecule has 0 bridgehead atoms.